The molecule has 1 fully saturated rings. The van der Waals surface area contributed by atoms with Gasteiger partial charge in [0.2, 0.25) is 0 Å². The van der Waals surface area contributed by atoms with Crippen molar-refractivity contribution in [1.29, 1.82) is 0 Å². The van der Waals surface area contributed by atoms with Crippen LogP contribution in [0.1, 0.15) is 130 Å². The summed E-state index contributed by atoms with van der Waals surface area (Å²) in [6, 6.07) is 0. The summed E-state index contributed by atoms with van der Waals surface area (Å²) in [7, 11) is -9.69. The zero-order valence-corrected chi connectivity index (χ0v) is 36.1. The fraction of sp³-hybridized carbons (Fsp3) is 0.707. The third kappa shape index (κ3) is 33.3. The number of rotatable bonds is 36. The normalized spacial score (nSPS) is 18.9. The Morgan fingerprint density at radius 2 is 1.21 bits per heavy atom. The van der Waals surface area contributed by atoms with Gasteiger partial charge >= 0.3 is 27.6 Å². The van der Waals surface area contributed by atoms with E-state index in [4.69, 9.17) is 28.5 Å². The minimum absolute atomic E-state index is 0.0644. The molecule has 0 amide bonds. The average molecular weight is 849 g/mol. The van der Waals surface area contributed by atoms with Crippen molar-refractivity contribution in [2.24, 2.45) is 5.92 Å². The highest BCUT2D eigenvalue weighted by Gasteiger charge is 2.36. The maximum atomic E-state index is 12.6. The zero-order valence-electron chi connectivity index (χ0n) is 34.3. The molecule has 16 heteroatoms. The van der Waals surface area contributed by atoms with Crippen LogP contribution in [0.5, 0.6) is 0 Å². The first-order valence-corrected chi connectivity index (χ1v) is 23.5. The van der Waals surface area contributed by atoms with Gasteiger partial charge in [-0.25, -0.2) is 9.13 Å². The number of phosphoric ester groups is 2. The second kappa shape index (κ2) is 32.6. The molecule has 57 heavy (non-hydrogen) atoms. The Morgan fingerprint density at radius 3 is 1.82 bits per heavy atom. The largest absolute Gasteiger partial charge is 0.472 e. The molecular formula is C41H70O14P2. The quantitative estimate of drug-likeness (QED) is 0.0153. The van der Waals surface area contributed by atoms with Gasteiger partial charge < -0.3 is 34.0 Å². The van der Waals surface area contributed by atoms with E-state index < -0.39 is 66.2 Å². The van der Waals surface area contributed by atoms with Crippen LogP contribution in [0, 0.1) is 5.92 Å². The van der Waals surface area contributed by atoms with Crippen molar-refractivity contribution in [1.82, 2.24) is 0 Å². The summed E-state index contributed by atoms with van der Waals surface area (Å²) in [5, 5.41) is 9.72. The number of epoxide rings is 1. The molecule has 0 aromatic rings. The van der Waals surface area contributed by atoms with E-state index in [1.165, 1.54) is 19.3 Å². The fourth-order valence-corrected chi connectivity index (χ4v) is 6.43. The van der Waals surface area contributed by atoms with Crippen molar-refractivity contribution < 1.29 is 66.3 Å². The molecule has 0 saturated carbocycles. The molecule has 0 bridgehead atoms. The van der Waals surface area contributed by atoms with Gasteiger partial charge in [-0.15, -0.1) is 0 Å². The fourth-order valence-electron chi connectivity index (χ4n) is 5.27. The molecule has 1 aliphatic rings. The number of phosphoric acid groups is 2. The van der Waals surface area contributed by atoms with Gasteiger partial charge in [0.05, 0.1) is 32.0 Å². The first kappa shape index (κ1) is 52.8. The van der Waals surface area contributed by atoms with E-state index in [-0.39, 0.29) is 12.8 Å². The first-order valence-electron chi connectivity index (χ1n) is 20.5. The summed E-state index contributed by atoms with van der Waals surface area (Å²) in [6.45, 7) is 3.77. The third-order valence-electron chi connectivity index (χ3n) is 8.87. The van der Waals surface area contributed by atoms with E-state index in [0.717, 1.165) is 63.7 Å². The van der Waals surface area contributed by atoms with Crippen molar-refractivity contribution >= 4 is 27.6 Å². The maximum Gasteiger partial charge on any atom is 0.472 e. The molecule has 0 aliphatic carbocycles. The van der Waals surface area contributed by atoms with Crippen molar-refractivity contribution in [3.8, 4) is 0 Å². The molecule has 14 nitrogen and oxygen atoms in total. The second-order valence-corrected chi connectivity index (χ2v) is 16.9. The van der Waals surface area contributed by atoms with E-state index in [0.29, 0.717) is 31.5 Å². The number of allylic oxidation sites excluding steroid dienone is 8. The maximum absolute atomic E-state index is 12.6. The molecule has 1 rings (SSSR count). The van der Waals surface area contributed by atoms with Gasteiger partial charge in [0.25, 0.3) is 0 Å². The highest BCUT2D eigenvalue weighted by Crippen LogP contribution is 2.44. The number of carbonyl (C=O) groups is 2. The average Bonchev–Trinajstić information content (AvgIpc) is 3.92. The van der Waals surface area contributed by atoms with Crippen LogP contribution < -0.4 is 0 Å². The Kier molecular flexibility index (Phi) is 30.2. The van der Waals surface area contributed by atoms with Crippen LogP contribution in [0.4, 0.5) is 0 Å². The predicted molar refractivity (Wildman–Crippen MR) is 220 cm³/mol. The van der Waals surface area contributed by atoms with Gasteiger partial charge in [-0.05, 0) is 57.3 Å². The van der Waals surface area contributed by atoms with Gasteiger partial charge in [-0.1, -0.05) is 126 Å². The van der Waals surface area contributed by atoms with Crippen LogP contribution in [-0.4, -0.2) is 82.6 Å². The molecule has 0 spiro atoms. The minimum atomic E-state index is -4.87. The molecular weight excluding hydrogens is 778 g/mol. The molecule has 0 radical (unpaired) electrons. The number of unbranched alkanes of at least 4 members (excludes halogenated alkanes) is 5. The molecule has 1 saturated heterocycles. The van der Waals surface area contributed by atoms with Crippen LogP contribution in [0.25, 0.3) is 0 Å². The number of hydrogen-bond donors (Lipinski definition) is 4. The number of hydrogen-bond acceptors (Lipinski definition) is 11. The van der Waals surface area contributed by atoms with Crippen molar-refractivity contribution in [3.05, 3.63) is 60.8 Å². The lowest BCUT2D eigenvalue weighted by atomic mass is 10.00. The van der Waals surface area contributed by atoms with Gasteiger partial charge in [0, 0.05) is 12.8 Å². The zero-order chi connectivity index (χ0) is 42.2. The number of aliphatic hydroxyl groups is 1. The van der Waals surface area contributed by atoms with Crippen LogP contribution in [-0.2, 0) is 46.5 Å². The monoisotopic (exact) mass is 848 g/mol. The lowest BCUT2D eigenvalue weighted by Crippen LogP contribution is -2.29. The van der Waals surface area contributed by atoms with Crippen LogP contribution in [0.15, 0.2) is 60.8 Å². The van der Waals surface area contributed by atoms with E-state index in [2.05, 4.69) is 72.4 Å². The summed E-state index contributed by atoms with van der Waals surface area (Å²) in [5.41, 5.74) is 0. The van der Waals surface area contributed by atoms with Gasteiger partial charge in [-0.2, -0.15) is 0 Å². The van der Waals surface area contributed by atoms with Crippen LogP contribution >= 0.6 is 15.6 Å². The van der Waals surface area contributed by atoms with Crippen molar-refractivity contribution in [3.63, 3.8) is 0 Å². The van der Waals surface area contributed by atoms with Crippen LogP contribution in [0.2, 0.25) is 0 Å². The lowest BCUT2D eigenvalue weighted by molar-refractivity contribution is -0.161. The highest BCUT2D eigenvalue weighted by molar-refractivity contribution is 7.47. The van der Waals surface area contributed by atoms with Gasteiger partial charge in [0.15, 0.2) is 6.10 Å². The SMILES string of the molecule is CC/C=C\CC1OC1C/C=C\C/C=C\C/C=C\C/C=C\CCC(=O)OC[C@H](COP(=O)(O)OC[C@@H](O)COP(=O)(O)O)OC(=O)CCCCCCCCC(C)CC. The molecule has 6 atom stereocenters. The molecule has 328 valence electrons. The van der Waals surface area contributed by atoms with Gasteiger partial charge in [0.1, 0.15) is 12.7 Å². The van der Waals surface area contributed by atoms with E-state index in [1.807, 2.05) is 18.2 Å². The van der Waals surface area contributed by atoms with Crippen molar-refractivity contribution in [2.75, 3.05) is 26.4 Å². The van der Waals surface area contributed by atoms with E-state index in [1.54, 1.807) is 0 Å². The molecule has 0 aromatic carbocycles. The number of carbonyl (C=O) groups excluding carboxylic acids is 2. The summed E-state index contributed by atoms with van der Waals surface area (Å²) in [5.74, 6) is -0.410. The molecule has 4 N–H and O–H groups in total. The topological polar surface area (TPSA) is 208 Å². The Morgan fingerprint density at radius 1 is 0.667 bits per heavy atom. The van der Waals surface area contributed by atoms with E-state index in [9.17, 15) is 28.7 Å². The number of aliphatic hydroxyl groups excluding tert-OH is 1. The van der Waals surface area contributed by atoms with Crippen molar-refractivity contribution in [2.45, 2.75) is 154 Å². The highest BCUT2D eigenvalue weighted by atomic mass is 31.2. The summed E-state index contributed by atoms with van der Waals surface area (Å²) in [4.78, 5) is 52.5. The van der Waals surface area contributed by atoms with E-state index >= 15 is 0 Å². The lowest BCUT2D eigenvalue weighted by Gasteiger charge is -2.20. The Labute approximate surface area is 340 Å². The standard InChI is InChI=1S/C41H70O14P2/c1-4-6-21-27-38-39(55-38)28-23-18-13-11-9-7-8-10-12-14-19-24-29-40(43)50-33-37(34-53-57(48,49)52-32-36(42)31-51-56(45,46)47)54-41(44)30-25-20-16-15-17-22-26-35(3)5-2/h6,8-11,14,18-19,21,23,35-39,42H,4-5,7,12-13,15-17,20,22,24-34H2,1-3H3,(H,48,49)(H2,45,46,47)/b10-8-,11-9-,19-14-,21-6-,23-18-/t35?,36-,37+,38?,39?/m0/s1. The molecule has 1 aliphatic heterocycles. The molecule has 4 unspecified atom stereocenters. The Bertz CT molecular complexity index is 1320. The number of ether oxygens (including phenoxy) is 3. The first-order chi connectivity index (χ1) is 27.2. The Balaban J connectivity index is 2.40. The second-order valence-electron chi connectivity index (χ2n) is 14.2. The summed E-state index contributed by atoms with van der Waals surface area (Å²) < 4.78 is 53.2. The minimum Gasteiger partial charge on any atom is -0.462 e. The predicted octanol–water partition coefficient (Wildman–Crippen LogP) is 8.90. The van der Waals surface area contributed by atoms with Crippen LogP contribution in [0.3, 0.4) is 0 Å². The summed E-state index contributed by atoms with van der Waals surface area (Å²) in [6.07, 6.45) is 33.0. The Hall–Kier alpha value is -2.22. The summed E-state index contributed by atoms with van der Waals surface area (Å²) >= 11 is 0. The van der Waals surface area contributed by atoms with Gasteiger partial charge in [-0.3, -0.25) is 23.2 Å². The third-order valence-corrected chi connectivity index (χ3v) is 10.3. The molecule has 1 heterocycles. The smallest absolute Gasteiger partial charge is 0.462 e. The number of esters is 2. The molecule has 0 aromatic heterocycles.